The number of nitrogens with zero attached hydrogens (tertiary/aromatic N) is 3. The first-order valence-electron chi connectivity index (χ1n) is 10.4. The van der Waals surface area contributed by atoms with E-state index in [9.17, 15) is 9.59 Å². The van der Waals surface area contributed by atoms with Crippen molar-refractivity contribution in [1.82, 2.24) is 19.6 Å². The summed E-state index contributed by atoms with van der Waals surface area (Å²) in [5.74, 6) is 1.59. The SMILES string of the molecule is Cc1ccc2nc(CSCC(=O)N(C)C(CNC(=O)OC(C)(C)C)C3CC3)cn2c1. The molecule has 1 saturated carbocycles. The Labute approximate surface area is 182 Å². The minimum absolute atomic E-state index is 0.00351. The minimum Gasteiger partial charge on any atom is -0.444 e. The van der Waals surface area contributed by atoms with E-state index in [4.69, 9.17) is 4.74 Å². The molecule has 7 nitrogen and oxygen atoms in total. The molecule has 0 spiro atoms. The predicted octanol–water partition coefficient (Wildman–Crippen LogP) is 3.64. The van der Waals surface area contributed by atoms with Crippen LogP contribution in [0, 0.1) is 12.8 Å². The molecule has 2 amide bonds. The lowest BCUT2D eigenvalue weighted by Gasteiger charge is -2.29. The number of likely N-dealkylation sites (N-methyl/N-ethyl adjacent to an activating group) is 1. The van der Waals surface area contributed by atoms with Crippen LogP contribution in [0.4, 0.5) is 4.79 Å². The van der Waals surface area contributed by atoms with Gasteiger partial charge in [0, 0.05) is 31.7 Å². The molecule has 2 aromatic heterocycles. The summed E-state index contributed by atoms with van der Waals surface area (Å²) in [4.78, 5) is 31.1. The second kappa shape index (κ2) is 9.29. The molecule has 8 heteroatoms. The fourth-order valence-electron chi connectivity index (χ4n) is 3.36. The molecule has 164 valence electrons. The van der Waals surface area contributed by atoms with Gasteiger partial charge in [0.25, 0.3) is 0 Å². The fourth-order valence-corrected chi connectivity index (χ4v) is 4.19. The van der Waals surface area contributed by atoms with E-state index >= 15 is 0 Å². The molecule has 3 rings (SSSR count). The Kier molecular flexibility index (Phi) is 6.95. The van der Waals surface area contributed by atoms with E-state index in [1.54, 1.807) is 16.7 Å². The van der Waals surface area contributed by atoms with Crippen LogP contribution in [0.3, 0.4) is 0 Å². The van der Waals surface area contributed by atoms with Crippen LogP contribution in [-0.2, 0) is 15.3 Å². The van der Waals surface area contributed by atoms with Crippen molar-refractivity contribution < 1.29 is 14.3 Å². The van der Waals surface area contributed by atoms with Crippen molar-refractivity contribution in [3.63, 3.8) is 0 Å². The summed E-state index contributed by atoms with van der Waals surface area (Å²) >= 11 is 1.56. The third-order valence-corrected chi connectivity index (χ3v) is 5.99. The number of carbonyl (C=O) groups excluding carboxylic acids is 2. The zero-order valence-electron chi connectivity index (χ0n) is 18.5. The van der Waals surface area contributed by atoms with Gasteiger partial charge in [-0.3, -0.25) is 4.79 Å². The second-order valence-corrected chi connectivity index (χ2v) is 9.97. The number of aromatic nitrogens is 2. The Morgan fingerprint density at radius 2 is 2.07 bits per heavy atom. The number of amides is 2. The largest absolute Gasteiger partial charge is 0.444 e. The summed E-state index contributed by atoms with van der Waals surface area (Å²) in [6.07, 6.45) is 5.80. The van der Waals surface area contributed by atoms with E-state index in [2.05, 4.69) is 17.2 Å². The lowest BCUT2D eigenvalue weighted by molar-refractivity contribution is -0.129. The van der Waals surface area contributed by atoms with Gasteiger partial charge < -0.3 is 19.4 Å². The highest BCUT2D eigenvalue weighted by Gasteiger charge is 2.36. The molecule has 1 atom stereocenters. The molecule has 1 aliphatic rings. The molecular weight excluding hydrogens is 400 g/mol. The topological polar surface area (TPSA) is 75.9 Å². The molecule has 0 bridgehead atoms. The summed E-state index contributed by atoms with van der Waals surface area (Å²) in [6.45, 7) is 7.97. The van der Waals surface area contributed by atoms with Gasteiger partial charge in [-0.25, -0.2) is 9.78 Å². The van der Waals surface area contributed by atoms with Crippen LogP contribution in [0.1, 0.15) is 44.9 Å². The maximum absolute atomic E-state index is 12.7. The van der Waals surface area contributed by atoms with Gasteiger partial charge in [-0.2, -0.15) is 0 Å². The Bertz CT molecular complexity index is 901. The maximum Gasteiger partial charge on any atom is 0.407 e. The van der Waals surface area contributed by atoms with E-state index < -0.39 is 11.7 Å². The molecule has 30 heavy (non-hydrogen) atoms. The first kappa shape index (κ1) is 22.5. The van der Waals surface area contributed by atoms with Gasteiger partial charge in [-0.15, -0.1) is 11.8 Å². The summed E-state index contributed by atoms with van der Waals surface area (Å²) < 4.78 is 7.33. The number of thioether (sulfide) groups is 1. The minimum atomic E-state index is -0.534. The molecule has 0 aliphatic heterocycles. The number of imidazole rings is 1. The maximum atomic E-state index is 12.7. The molecule has 1 fully saturated rings. The highest BCUT2D eigenvalue weighted by molar-refractivity contribution is 7.99. The number of carbonyl (C=O) groups is 2. The highest BCUT2D eigenvalue weighted by Crippen LogP contribution is 2.35. The van der Waals surface area contributed by atoms with Crippen LogP contribution >= 0.6 is 11.8 Å². The van der Waals surface area contributed by atoms with E-state index in [0.717, 1.165) is 24.2 Å². The molecule has 2 aromatic rings. The van der Waals surface area contributed by atoms with Crippen molar-refractivity contribution in [2.24, 2.45) is 5.92 Å². The van der Waals surface area contributed by atoms with Crippen molar-refractivity contribution in [1.29, 1.82) is 0 Å². The van der Waals surface area contributed by atoms with Gasteiger partial charge in [0.15, 0.2) is 0 Å². The van der Waals surface area contributed by atoms with E-state index in [0.29, 0.717) is 24.0 Å². The summed E-state index contributed by atoms with van der Waals surface area (Å²) in [7, 11) is 1.83. The van der Waals surface area contributed by atoms with E-state index in [1.165, 1.54) is 5.56 Å². The highest BCUT2D eigenvalue weighted by atomic mass is 32.2. The molecule has 1 unspecified atom stereocenters. The van der Waals surface area contributed by atoms with Crippen molar-refractivity contribution in [3.8, 4) is 0 Å². The number of aryl methyl sites for hydroxylation is 1. The van der Waals surface area contributed by atoms with Crippen LogP contribution in [-0.4, -0.2) is 57.3 Å². The van der Waals surface area contributed by atoms with Gasteiger partial charge in [0.1, 0.15) is 11.2 Å². The van der Waals surface area contributed by atoms with Gasteiger partial charge in [-0.1, -0.05) is 6.07 Å². The molecule has 0 saturated heterocycles. The lowest BCUT2D eigenvalue weighted by Crippen LogP contribution is -2.47. The summed E-state index contributed by atoms with van der Waals surface area (Å²) in [6, 6.07) is 4.05. The zero-order valence-corrected chi connectivity index (χ0v) is 19.3. The lowest BCUT2D eigenvalue weighted by atomic mass is 10.1. The van der Waals surface area contributed by atoms with Crippen molar-refractivity contribution in [2.75, 3.05) is 19.3 Å². The number of fused-ring (bicyclic) bond motifs is 1. The van der Waals surface area contributed by atoms with Crippen LogP contribution in [0.15, 0.2) is 24.5 Å². The zero-order chi connectivity index (χ0) is 21.9. The van der Waals surface area contributed by atoms with Crippen LogP contribution in [0.2, 0.25) is 0 Å². The van der Waals surface area contributed by atoms with Gasteiger partial charge in [0.05, 0.1) is 17.5 Å². The first-order chi connectivity index (χ1) is 14.1. The fraction of sp³-hybridized carbons (Fsp3) is 0.591. The summed E-state index contributed by atoms with van der Waals surface area (Å²) in [5, 5.41) is 2.82. The number of nitrogens with one attached hydrogen (secondary N) is 1. The molecule has 0 radical (unpaired) electrons. The average molecular weight is 433 g/mol. The third kappa shape index (κ3) is 6.39. The normalized spacial score (nSPS) is 15.1. The quantitative estimate of drug-likeness (QED) is 0.689. The molecule has 0 aromatic carbocycles. The van der Waals surface area contributed by atoms with Gasteiger partial charge in [-0.05, 0) is 58.1 Å². The van der Waals surface area contributed by atoms with Crippen molar-refractivity contribution >= 4 is 29.4 Å². The number of ether oxygens (including phenoxy) is 1. The summed E-state index contributed by atoms with van der Waals surface area (Å²) in [5.41, 5.74) is 2.53. The smallest absolute Gasteiger partial charge is 0.407 e. The molecular formula is C22H32N4O3S. The average Bonchev–Trinajstić information content (AvgIpc) is 3.39. The Balaban J connectivity index is 1.48. The number of pyridine rings is 1. The molecule has 1 N–H and O–H groups in total. The monoisotopic (exact) mass is 432 g/mol. The predicted molar refractivity (Wildman–Crippen MR) is 120 cm³/mol. The molecule has 2 heterocycles. The van der Waals surface area contributed by atoms with Gasteiger partial charge >= 0.3 is 6.09 Å². The Morgan fingerprint density at radius 1 is 1.33 bits per heavy atom. The first-order valence-corrected chi connectivity index (χ1v) is 11.5. The molecule has 1 aliphatic carbocycles. The second-order valence-electron chi connectivity index (χ2n) is 8.99. The van der Waals surface area contributed by atoms with Crippen LogP contribution in [0.25, 0.3) is 5.65 Å². The van der Waals surface area contributed by atoms with E-state index in [-0.39, 0.29) is 11.9 Å². The van der Waals surface area contributed by atoms with E-state index in [1.807, 2.05) is 56.7 Å². The standard InChI is InChI=1S/C22H32N4O3S/c1-15-6-9-19-24-17(12-26(19)11-15)13-30-14-20(27)25(5)18(16-7-8-16)10-23-21(28)29-22(2,3)4/h6,9,11-12,16,18H,7-8,10,13-14H2,1-5H3,(H,23,28). The van der Waals surface area contributed by atoms with Crippen LogP contribution in [0.5, 0.6) is 0 Å². The number of hydrogen-bond donors (Lipinski definition) is 1. The Morgan fingerprint density at radius 3 is 2.73 bits per heavy atom. The number of hydrogen-bond acceptors (Lipinski definition) is 5. The Hall–Kier alpha value is -2.22. The number of alkyl carbamates (subject to hydrolysis) is 1. The third-order valence-electron chi connectivity index (χ3n) is 5.04. The van der Waals surface area contributed by atoms with Crippen molar-refractivity contribution in [2.45, 2.75) is 57.9 Å². The van der Waals surface area contributed by atoms with Crippen LogP contribution < -0.4 is 5.32 Å². The number of rotatable bonds is 8. The van der Waals surface area contributed by atoms with Crippen molar-refractivity contribution in [3.05, 3.63) is 35.8 Å². The van der Waals surface area contributed by atoms with Gasteiger partial charge in [0.2, 0.25) is 5.91 Å².